The highest BCUT2D eigenvalue weighted by molar-refractivity contribution is 5.57. The Bertz CT molecular complexity index is 474. The molecule has 1 aromatic heterocycles. The number of nitrogens with zero attached hydrogens (tertiary/aromatic N) is 3. The van der Waals surface area contributed by atoms with Gasteiger partial charge in [-0.1, -0.05) is 50.1 Å². The molecule has 2 rings (SSSR count). The van der Waals surface area contributed by atoms with Gasteiger partial charge in [0.05, 0.1) is 5.21 Å². The highest BCUT2D eigenvalue weighted by atomic mass is 15.5. The third-order valence-electron chi connectivity index (χ3n) is 3.18. The van der Waals surface area contributed by atoms with Gasteiger partial charge in [0.2, 0.25) is 0 Å². The Hall–Kier alpha value is -1.64. The maximum absolute atomic E-state index is 4.52. The van der Waals surface area contributed by atoms with Crippen LogP contribution in [-0.4, -0.2) is 9.90 Å². The van der Waals surface area contributed by atoms with Crippen molar-refractivity contribution in [2.75, 3.05) is 0 Å². The van der Waals surface area contributed by atoms with Crippen LogP contribution >= 0.6 is 0 Å². The van der Waals surface area contributed by atoms with Crippen molar-refractivity contribution in [2.24, 2.45) is 7.05 Å². The minimum Gasteiger partial charge on any atom is -0.137 e. The van der Waals surface area contributed by atoms with E-state index in [1.54, 1.807) is 0 Å². The molecule has 0 unspecified atom stereocenters. The molecule has 0 saturated heterocycles. The summed E-state index contributed by atoms with van der Waals surface area (Å²) < 4.78 is 4.01. The molecule has 0 aliphatic rings. The number of hydrogen-bond acceptors (Lipinski definition) is 1. The number of unbranched alkanes of at least 4 members (excludes halogenated alkanes) is 3. The summed E-state index contributed by atoms with van der Waals surface area (Å²) >= 11 is 0. The van der Waals surface area contributed by atoms with Crippen LogP contribution in [0.3, 0.4) is 0 Å². The highest BCUT2D eigenvalue weighted by Gasteiger charge is 2.13. The summed E-state index contributed by atoms with van der Waals surface area (Å²) in [4.78, 5) is 0. The molecule has 0 aliphatic carbocycles. The normalized spacial score (nSPS) is 10.8. The van der Waals surface area contributed by atoms with Crippen molar-refractivity contribution in [2.45, 2.75) is 39.2 Å². The van der Waals surface area contributed by atoms with Gasteiger partial charge >= 0.3 is 0 Å². The molecule has 0 saturated carbocycles. The van der Waals surface area contributed by atoms with Crippen molar-refractivity contribution < 1.29 is 4.68 Å². The number of hydrogen-bond donors (Lipinski definition) is 0. The molecular weight excluding hydrogens is 222 g/mol. The first-order valence-corrected chi connectivity index (χ1v) is 6.80. The molecule has 0 N–H and O–H groups in total. The fourth-order valence-electron chi connectivity index (χ4n) is 2.15. The maximum Gasteiger partial charge on any atom is 0.197 e. The smallest absolute Gasteiger partial charge is 0.137 e. The third kappa shape index (κ3) is 3.19. The minimum atomic E-state index is 1.01. The van der Waals surface area contributed by atoms with E-state index in [1.165, 1.54) is 36.9 Å². The predicted octanol–water partition coefficient (Wildman–Crippen LogP) is 2.95. The van der Waals surface area contributed by atoms with E-state index in [2.05, 4.69) is 47.3 Å². The Morgan fingerprint density at radius 2 is 1.89 bits per heavy atom. The lowest BCUT2D eigenvalue weighted by molar-refractivity contribution is -0.755. The molecular formula is C15H22N3+. The predicted molar refractivity (Wildman–Crippen MR) is 73.0 cm³/mol. The molecule has 18 heavy (non-hydrogen) atoms. The Kier molecular flexibility index (Phi) is 4.51. The second-order valence-electron chi connectivity index (χ2n) is 4.72. The van der Waals surface area contributed by atoms with Gasteiger partial charge in [-0.2, -0.15) is 0 Å². The van der Waals surface area contributed by atoms with Gasteiger partial charge in [-0.05, 0) is 12.8 Å². The molecule has 3 nitrogen and oxygen atoms in total. The SMILES string of the molecule is CCCCCC[n+]1cc(-c2ccccc2)n(C)n1. The van der Waals surface area contributed by atoms with Crippen LogP contribution in [0.15, 0.2) is 36.5 Å². The largest absolute Gasteiger partial charge is 0.197 e. The Labute approximate surface area is 109 Å². The summed E-state index contributed by atoms with van der Waals surface area (Å²) in [6.07, 6.45) is 7.24. The summed E-state index contributed by atoms with van der Waals surface area (Å²) in [5, 5.41) is 4.52. The Balaban J connectivity index is 2.03. The lowest BCUT2D eigenvalue weighted by atomic mass is 10.2. The first-order valence-electron chi connectivity index (χ1n) is 6.80. The lowest BCUT2D eigenvalue weighted by Crippen LogP contribution is -2.35. The van der Waals surface area contributed by atoms with Gasteiger partial charge < -0.3 is 0 Å². The highest BCUT2D eigenvalue weighted by Crippen LogP contribution is 2.15. The Morgan fingerprint density at radius 3 is 2.61 bits per heavy atom. The Morgan fingerprint density at radius 1 is 1.11 bits per heavy atom. The van der Waals surface area contributed by atoms with E-state index >= 15 is 0 Å². The van der Waals surface area contributed by atoms with Crippen molar-refractivity contribution in [3.05, 3.63) is 36.5 Å². The molecule has 0 spiro atoms. The van der Waals surface area contributed by atoms with Crippen LogP contribution in [0, 0.1) is 0 Å². The van der Waals surface area contributed by atoms with Crippen molar-refractivity contribution in [3.8, 4) is 11.3 Å². The molecule has 2 aromatic rings. The molecule has 0 amide bonds. The summed E-state index contributed by atoms with van der Waals surface area (Å²) in [5.41, 5.74) is 2.39. The van der Waals surface area contributed by atoms with Crippen molar-refractivity contribution in [1.29, 1.82) is 0 Å². The second-order valence-corrected chi connectivity index (χ2v) is 4.72. The maximum atomic E-state index is 4.52. The zero-order chi connectivity index (χ0) is 12.8. The number of aromatic nitrogens is 3. The van der Waals surface area contributed by atoms with E-state index in [-0.39, 0.29) is 0 Å². The average molecular weight is 244 g/mol. The molecule has 0 atom stereocenters. The van der Waals surface area contributed by atoms with Crippen molar-refractivity contribution in [3.63, 3.8) is 0 Å². The zero-order valence-corrected chi connectivity index (χ0v) is 11.3. The van der Waals surface area contributed by atoms with E-state index in [9.17, 15) is 0 Å². The fraction of sp³-hybridized carbons (Fsp3) is 0.467. The van der Waals surface area contributed by atoms with Crippen LogP contribution < -0.4 is 4.68 Å². The van der Waals surface area contributed by atoms with Crippen LogP contribution in [0.4, 0.5) is 0 Å². The van der Waals surface area contributed by atoms with Gasteiger partial charge in [-0.25, -0.2) is 0 Å². The number of aryl methyl sites for hydroxylation is 2. The molecule has 3 heteroatoms. The van der Waals surface area contributed by atoms with E-state index in [0.717, 1.165) is 6.54 Å². The first kappa shape index (κ1) is 12.8. The molecule has 1 heterocycles. The lowest BCUT2D eigenvalue weighted by Gasteiger charge is -1.94. The van der Waals surface area contributed by atoms with Crippen LogP contribution in [0.2, 0.25) is 0 Å². The van der Waals surface area contributed by atoms with Crippen LogP contribution in [0.1, 0.15) is 32.6 Å². The number of rotatable bonds is 6. The monoisotopic (exact) mass is 244 g/mol. The summed E-state index contributed by atoms with van der Waals surface area (Å²) in [5.74, 6) is 0. The van der Waals surface area contributed by atoms with Crippen LogP contribution in [-0.2, 0) is 13.6 Å². The molecule has 96 valence electrons. The summed E-state index contributed by atoms with van der Waals surface area (Å²) in [7, 11) is 2.00. The quantitative estimate of drug-likeness (QED) is 0.565. The van der Waals surface area contributed by atoms with Crippen molar-refractivity contribution >= 4 is 0 Å². The van der Waals surface area contributed by atoms with Crippen molar-refractivity contribution in [1.82, 2.24) is 9.90 Å². The molecule has 0 fully saturated rings. The zero-order valence-electron chi connectivity index (χ0n) is 11.3. The average Bonchev–Trinajstić information content (AvgIpc) is 2.77. The molecule has 1 aromatic carbocycles. The van der Waals surface area contributed by atoms with Gasteiger partial charge in [-0.15, -0.1) is 9.36 Å². The summed E-state index contributed by atoms with van der Waals surface area (Å²) in [6, 6.07) is 10.4. The van der Waals surface area contributed by atoms with Crippen LogP contribution in [0.5, 0.6) is 0 Å². The topological polar surface area (TPSA) is 21.7 Å². The van der Waals surface area contributed by atoms with E-state index < -0.39 is 0 Å². The fourth-order valence-corrected chi connectivity index (χ4v) is 2.15. The molecule has 0 aliphatic heterocycles. The standard InChI is InChI=1S/C15H22N3/c1-3-4-5-9-12-18-13-15(17(2)16-18)14-10-7-6-8-11-14/h6-8,10-11,13H,3-5,9,12H2,1-2H3/q+1. The van der Waals surface area contributed by atoms with Gasteiger partial charge in [0.25, 0.3) is 0 Å². The third-order valence-corrected chi connectivity index (χ3v) is 3.18. The van der Waals surface area contributed by atoms with Gasteiger partial charge in [0, 0.05) is 5.56 Å². The minimum absolute atomic E-state index is 1.01. The van der Waals surface area contributed by atoms with E-state index in [4.69, 9.17) is 0 Å². The molecule has 0 bridgehead atoms. The second kappa shape index (κ2) is 6.34. The van der Waals surface area contributed by atoms with Gasteiger partial charge in [0.1, 0.15) is 13.6 Å². The van der Waals surface area contributed by atoms with E-state index in [0.29, 0.717) is 0 Å². The number of benzene rings is 1. The van der Waals surface area contributed by atoms with Crippen LogP contribution in [0.25, 0.3) is 11.3 Å². The summed E-state index contributed by atoms with van der Waals surface area (Å²) in [6.45, 7) is 3.25. The van der Waals surface area contributed by atoms with E-state index in [1.807, 2.05) is 17.8 Å². The van der Waals surface area contributed by atoms with Gasteiger partial charge in [-0.3, -0.25) is 0 Å². The van der Waals surface area contributed by atoms with Gasteiger partial charge in [0.15, 0.2) is 11.9 Å². The first-order chi connectivity index (χ1) is 8.81. The molecule has 0 radical (unpaired) electrons.